The number of likely N-dealkylation sites (tertiary alicyclic amines) is 1. The van der Waals surface area contributed by atoms with Crippen LogP contribution in [0.3, 0.4) is 0 Å². The molecule has 1 aliphatic heterocycles. The van der Waals surface area contributed by atoms with Crippen LogP contribution in [0.2, 0.25) is 0 Å². The molecule has 0 radical (unpaired) electrons. The molecule has 3 aromatic rings. The van der Waals surface area contributed by atoms with Gasteiger partial charge in [-0.3, -0.25) is 4.79 Å². The minimum absolute atomic E-state index is 0.146. The van der Waals surface area contributed by atoms with Gasteiger partial charge in [-0.25, -0.2) is 0 Å². The summed E-state index contributed by atoms with van der Waals surface area (Å²) in [7, 11) is 0. The van der Waals surface area contributed by atoms with E-state index in [2.05, 4.69) is 16.2 Å². The van der Waals surface area contributed by atoms with Gasteiger partial charge >= 0.3 is 0 Å². The normalized spacial score (nSPS) is 14.6. The fourth-order valence-electron chi connectivity index (χ4n) is 2.85. The number of thiophene rings is 1. The molecule has 1 fully saturated rings. The molecule has 1 aliphatic rings. The highest BCUT2D eigenvalue weighted by molar-refractivity contribution is 7.13. The summed E-state index contributed by atoms with van der Waals surface area (Å²) in [5.41, 5.74) is 2.23. The first-order valence-electron chi connectivity index (χ1n) is 7.90. The Labute approximate surface area is 143 Å². The number of carbonyl (C=O) groups excluding carboxylic acids is 1. The van der Waals surface area contributed by atoms with Crippen LogP contribution in [-0.4, -0.2) is 34.0 Å². The van der Waals surface area contributed by atoms with E-state index in [4.69, 9.17) is 4.52 Å². The summed E-state index contributed by atoms with van der Waals surface area (Å²) < 4.78 is 5.36. The Morgan fingerprint density at radius 3 is 2.96 bits per heavy atom. The van der Waals surface area contributed by atoms with Crippen LogP contribution in [0.5, 0.6) is 0 Å². The Balaban J connectivity index is 1.35. The smallest absolute Gasteiger partial charge is 0.233 e. The van der Waals surface area contributed by atoms with Gasteiger partial charge in [0.2, 0.25) is 17.6 Å². The van der Waals surface area contributed by atoms with Crippen LogP contribution in [0.25, 0.3) is 10.7 Å². The molecule has 5 nitrogen and oxygen atoms in total. The van der Waals surface area contributed by atoms with E-state index in [0.717, 1.165) is 10.4 Å². The fraction of sp³-hybridized carbons (Fsp3) is 0.278. The number of benzene rings is 1. The van der Waals surface area contributed by atoms with Gasteiger partial charge < -0.3 is 9.42 Å². The minimum atomic E-state index is 0.146. The molecule has 1 aromatic carbocycles. The quantitative estimate of drug-likeness (QED) is 0.732. The number of amides is 1. The third kappa shape index (κ3) is 2.97. The average molecular weight is 339 g/mol. The topological polar surface area (TPSA) is 59.2 Å². The molecule has 0 saturated carbocycles. The van der Waals surface area contributed by atoms with Gasteiger partial charge in [-0.1, -0.05) is 41.1 Å². The van der Waals surface area contributed by atoms with Gasteiger partial charge in [0.15, 0.2) is 0 Å². The van der Waals surface area contributed by atoms with E-state index in [-0.39, 0.29) is 11.8 Å². The maximum Gasteiger partial charge on any atom is 0.233 e. The Morgan fingerprint density at radius 1 is 1.33 bits per heavy atom. The summed E-state index contributed by atoms with van der Waals surface area (Å²) in [6.07, 6.45) is 0.443. The predicted molar refractivity (Wildman–Crippen MR) is 91.8 cm³/mol. The van der Waals surface area contributed by atoms with Crippen molar-refractivity contribution in [1.82, 2.24) is 15.0 Å². The summed E-state index contributed by atoms with van der Waals surface area (Å²) >= 11 is 1.58. The zero-order chi connectivity index (χ0) is 16.5. The predicted octanol–water partition coefficient (Wildman–Crippen LogP) is 3.28. The van der Waals surface area contributed by atoms with Crippen molar-refractivity contribution in [2.75, 3.05) is 13.1 Å². The monoisotopic (exact) mass is 339 g/mol. The summed E-state index contributed by atoms with van der Waals surface area (Å²) in [5, 5.41) is 6.02. The van der Waals surface area contributed by atoms with Gasteiger partial charge in [0.25, 0.3) is 0 Å². The largest absolute Gasteiger partial charge is 0.341 e. The molecule has 6 heteroatoms. The second kappa shape index (κ2) is 6.20. The van der Waals surface area contributed by atoms with Gasteiger partial charge in [0.05, 0.1) is 17.2 Å². The van der Waals surface area contributed by atoms with Crippen LogP contribution in [0.4, 0.5) is 0 Å². The van der Waals surface area contributed by atoms with Crippen molar-refractivity contribution in [2.45, 2.75) is 19.3 Å². The molecular formula is C18H17N3O2S. The molecule has 0 aliphatic carbocycles. The van der Waals surface area contributed by atoms with Crippen molar-refractivity contribution in [2.24, 2.45) is 0 Å². The number of carbonyl (C=O) groups is 1. The highest BCUT2D eigenvalue weighted by atomic mass is 32.1. The summed E-state index contributed by atoms with van der Waals surface area (Å²) in [5.74, 6) is 1.55. The van der Waals surface area contributed by atoms with Crippen molar-refractivity contribution in [3.63, 3.8) is 0 Å². The van der Waals surface area contributed by atoms with Crippen molar-refractivity contribution >= 4 is 17.2 Å². The van der Waals surface area contributed by atoms with Crippen LogP contribution in [-0.2, 0) is 11.2 Å². The number of hydrogen-bond donors (Lipinski definition) is 0. The first kappa shape index (κ1) is 15.1. The van der Waals surface area contributed by atoms with E-state index >= 15 is 0 Å². The molecular weight excluding hydrogens is 322 g/mol. The van der Waals surface area contributed by atoms with Gasteiger partial charge in [-0.2, -0.15) is 4.98 Å². The minimum Gasteiger partial charge on any atom is -0.341 e. The molecule has 1 amide bonds. The van der Waals surface area contributed by atoms with Gasteiger partial charge in [-0.15, -0.1) is 11.3 Å². The molecule has 3 heterocycles. The molecule has 0 unspecified atom stereocenters. The summed E-state index contributed by atoms with van der Waals surface area (Å²) in [4.78, 5) is 19.6. The Hall–Kier alpha value is -2.47. The lowest BCUT2D eigenvalue weighted by atomic mass is 9.98. The van der Waals surface area contributed by atoms with Crippen molar-refractivity contribution < 1.29 is 9.32 Å². The maximum atomic E-state index is 12.3. The maximum absolute atomic E-state index is 12.3. The molecule has 0 atom stereocenters. The van der Waals surface area contributed by atoms with Gasteiger partial charge in [-0.05, 0) is 23.9 Å². The SMILES string of the molecule is Cc1cccc(CC(=O)N2CC(c3nc(-c4cccs4)no3)C2)c1. The third-order valence-corrected chi connectivity index (χ3v) is 5.07. The summed E-state index contributed by atoms with van der Waals surface area (Å²) in [6.45, 7) is 3.34. The van der Waals surface area contributed by atoms with E-state index in [9.17, 15) is 4.79 Å². The number of nitrogens with zero attached hydrogens (tertiary/aromatic N) is 3. The third-order valence-electron chi connectivity index (χ3n) is 4.20. The fourth-order valence-corrected chi connectivity index (χ4v) is 3.50. The van der Waals surface area contributed by atoms with Crippen LogP contribution in [0.15, 0.2) is 46.3 Å². The lowest BCUT2D eigenvalue weighted by molar-refractivity contribution is -0.135. The molecule has 4 rings (SSSR count). The molecule has 122 valence electrons. The van der Waals surface area contributed by atoms with E-state index < -0.39 is 0 Å². The van der Waals surface area contributed by atoms with E-state index in [1.54, 1.807) is 11.3 Å². The zero-order valence-corrected chi connectivity index (χ0v) is 14.1. The van der Waals surface area contributed by atoms with Crippen LogP contribution < -0.4 is 0 Å². The van der Waals surface area contributed by atoms with Crippen molar-refractivity contribution in [3.8, 4) is 10.7 Å². The van der Waals surface area contributed by atoms with Gasteiger partial charge in [0, 0.05) is 13.1 Å². The number of rotatable bonds is 4. The highest BCUT2D eigenvalue weighted by Gasteiger charge is 2.35. The molecule has 0 N–H and O–H groups in total. The second-order valence-corrected chi connectivity index (χ2v) is 7.04. The molecule has 1 saturated heterocycles. The first-order chi connectivity index (χ1) is 11.7. The standard InChI is InChI=1S/C18H17N3O2S/c1-12-4-2-5-13(8-12)9-16(22)21-10-14(11-21)18-19-17(20-23-18)15-6-3-7-24-15/h2-8,14H,9-11H2,1H3. The van der Waals surface area contributed by atoms with Crippen LogP contribution in [0.1, 0.15) is 22.9 Å². The number of aryl methyl sites for hydroxylation is 1. The second-order valence-electron chi connectivity index (χ2n) is 6.09. The Morgan fingerprint density at radius 2 is 2.21 bits per heavy atom. The van der Waals surface area contributed by atoms with Crippen LogP contribution >= 0.6 is 11.3 Å². The van der Waals surface area contributed by atoms with Gasteiger partial charge in [0.1, 0.15) is 0 Å². The number of aromatic nitrogens is 2. The van der Waals surface area contributed by atoms with Crippen molar-refractivity contribution in [1.29, 1.82) is 0 Å². The Kier molecular flexibility index (Phi) is 3.90. The average Bonchev–Trinajstić information content (AvgIpc) is 3.16. The van der Waals surface area contributed by atoms with Crippen molar-refractivity contribution in [3.05, 3.63) is 58.8 Å². The van der Waals surface area contributed by atoms with E-state index in [1.807, 2.05) is 47.5 Å². The number of hydrogen-bond acceptors (Lipinski definition) is 5. The van der Waals surface area contributed by atoms with E-state index in [0.29, 0.717) is 31.2 Å². The first-order valence-corrected chi connectivity index (χ1v) is 8.78. The molecule has 0 bridgehead atoms. The highest BCUT2D eigenvalue weighted by Crippen LogP contribution is 2.29. The molecule has 24 heavy (non-hydrogen) atoms. The molecule has 0 spiro atoms. The zero-order valence-electron chi connectivity index (χ0n) is 13.3. The summed E-state index contributed by atoms with van der Waals surface area (Å²) in [6, 6.07) is 12.0. The van der Waals surface area contributed by atoms with E-state index in [1.165, 1.54) is 5.56 Å². The lowest BCUT2D eigenvalue weighted by Crippen LogP contribution is -2.49. The molecule has 2 aromatic heterocycles. The van der Waals surface area contributed by atoms with Crippen LogP contribution in [0, 0.1) is 6.92 Å². The Bertz CT molecular complexity index is 851. The lowest BCUT2D eigenvalue weighted by Gasteiger charge is -2.37.